The summed E-state index contributed by atoms with van der Waals surface area (Å²) in [5, 5.41) is 8.76. The first-order valence-corrected chi connectivity index (χ1v) is 9.28. The van der Waals surface area contributed by atoms with Crippen molar-refractivity contribution in [1.29, 1.82) is 0 Å². The highest BCUT2D eigenvalue weighted by Crippen LogP contribution is 2.36. The van der Waals surface area contributed by atoms with Gasteiger partial charge in [0, 0.05) is 28.2 Å². The van der Waals surface area contributed by atoms with Gasteiger partial charge in [-0.3, -0.25) is 0 Å². The van der Waals surface area contributed by atoms with Crippen LogP contribution in [0.2, 0.25) is 5.02 Å². The Morgan fingerprint density at radius 1 is 1.23 bits per heavy atom. The van der Waals surface area contributed by atoms with E-state index in [2.05, 4.69) is 45.7 Å². The van der Waals surface area contributed by atoms with Gasteiger partial charge in [0.05, 0.1) is 11.2 Å². The van der Waals surface area contributed by atoms with Crippen molar-refractivity contribution in [3.8, 4) is 11.1 Å². The average molecular weight is 368 g/mol. The molecule has 1 aromatic heterocycles. The van der Waals surface area contributed by atoms with Crippen LogP contribution in [0.4, 0.5) is 11.6 Å². The van der Waals surface area contributed by atoms with Gasteiger partial charge in [0.15, 0.2) is 0 Å². The first-order valence-electron chi connectivity index (χ1n) is 8.91. The number of hydrogen-bond donors (Lipinski definition) is 3. The fourth-order valence-electron chi connectivity index (χ4n) is 3.60. The number of fused-ring (bicyclic) bond motifs is 1. The van der Waals surface area contributed by atoms with Crippen LogP contribution in [0.1, 0.15) is 18.4 Å². The summed E-state index contributed by atoms with van der Waals surface area (Å²) >= 11 is 6.50. The largest absolute Gasteiger partial charge is 0.380 e. The third-order valence-electron chi connectivity index (χ3n) is 4.91. The Morgan fingerprint density at radius 2 is 2.04 bits per heavy atom. The van der Waals surface area contributed by atoms with Gasteiger partial charge in [-0.1, -0.05) is 23.7 Å². The van der Waals surface area contributed by atoms with Gasteiger partial charge in [-0.25, -0.2) is 9.97 Å². The van der Waals surface area contributed by atoms with Crippen molar-refractivity contribution < 1.29 is 0 Å². The van der Waals surface area contributed by atoms with E-state index in [4.69, 9.17) is 17.3 Å². The zero-order chi connectivity index (χ0) is 18.1. The van der Waals surface area contributed by atoms with Crippen LogP contribution in [0, 0.1) is 6.92 Å². The molecule has 26 heavy (non-hydrogen) atoms. The molecule has 3 aromatic rings. The Bertz CT molecular complexity index is 930. The lowest BCUT2D eigenvalue weighted by Gasteiger charge is -2.25. The van der Waals surface area contributed by atoms with E-state index in [1.807, 2.05) is 12.1 Å². The number of nitrogens with one attached hydrogen (secondary N) is 2. The second kappa shape index (κ2) is 7.09. The molecular weight excluding hydrogens is 346 g/mol. The number of rotatable bonds is 3. The highest BCUT2D eigenvalue weighted by atomic mass is 35.5. The molecule has 0 saturated carbocycles. The monoisotopic (exact) mass is 367 g/mol. The Morgan fingerprint density at radius 3 is 2.81 bits per heavy atom. The maximum absolute atomic E-state index is 6.50. The van der Waals surface area contributed by atoms with Crippen LogP contribution in [-0.2, 0) is 0 Å². The molecule has 0 unspecified atom stereocenters. The summed E-state index contributed by atoms with van der Waals surface area (Å²) in [4.78, 5) is 8.65. The molecule has 2 aromatic carbocycles. The number of piperidine rings is 1. The van der Waals surface area contributed by atoms with Crippen molar-refractivity contribution in [2.75, 3.05) is 24.1 Å². The number of anilines is 2. The molecular formula is C20H22ClN5. The van der Waals surface area contributed by atoms with Crippen molar-refractivity contribution in [2.45, 2.75) is 25.8 Å². The number of nitrogens with two attached hydrogens (primary N) is 1. The Balaban J connectivity index is 1.86. The minimum Gasteiger partial charge on any atom is -0.380 e. The summed E-state index contributed by atoms with van der Waals surface area (Å²) in [6.07, 6.45) is 3.94. The molecule has 6 heteroatoms. The van der Waals surface area contributed by atoms with Crippen LogP contribution in [0.15, 0.2) is 36.5 Å². The second-order valence-corrected chi connectivity index (χ2v) is 7.20. The van der Waals surface area contributed by atoms with E-state index in [9.17, 15) is 0 Å². The van der Waals surface area contributed by atoms with Crippen LogP contribution >= 0.6 is 11.6 Å². The van der Waals surface area contributed by atoms with Crippen molar-refractivity contribution in [3.63, 3.8) is 0 Å². The molecule has 0 atom stereocenters. The third kappa shape index (κ3) is 3.32. The van der Waals surface area contributed by atoms with E-state index in [-0.39, 0.29) is 5.95 Å². The number of halogens is 1. The lowest BCUT2D eigenvalue weighted by molar-refractivity contribution is 0.479. The molecule has 1 saturated heterocycles. The summed E-state index contributed by atoms with van der Waals surface area (Å²) in [6, 6.07) is 10.6. The normalized spacial score (nSPS) is 15.3. The first-order chi connectivity index (χ1) is 12.6. The molecule has 0 aliphatic carbocycles. The van der Waals surface area contributed by atoms with Gasteiger partial charge < -0.3 is 16.4 Å². The molecule has 4 rings (SSSR count). The maximum Gasteiger partial charge on any atom is 0.220 e. The Hall–Kier alpha value is -2.37. The molecule has 0 spiro atoms. The van der Waals surface area contributed by atoms with Crippen molar-refractivity contribution in [2.24, 2.45) is 0 Å². The summed E-state index contributed by atoms with van der Waals surface area (Å²) < 4.78 is 0. The van der Waals surface area contributed by atoms with E-state index in [1.165, 1.54) is 0 Å². The number of benzene rings is 2. The van der Waals surface area contributed by atoms with Gasteiger partial charge in [-0.05, 0) is 62.2 Å². The third-order valence-corrected chi connectivity index (χ3v) is 5.23. The van der Waals surface area contributed by atoms with Crippen LogP contribution in [0.25, 0.3) is 22.0 Å². The van der Waals surface area contributed by atoms with Crippen LogP contribution in [0.3, 0.4) is 0 Å². The van der Waals surface area contributed by atoms with Crippen molar-refractivity contribution in [1.82, 2.24) is 15.3 Å². The zero-order valence-electron chi connectivity index (χ0n) is 14.7. The first kappa shape index (κ1) is 17.1. The number of aryl methyl sites for hydroxylation is 1. The summed E-state index contributed by atoms with van der Waals surface area (Å²) in [5.41, 5.74) is 10.9. The molecule has 5 nitrogen and oxygen atoms in total. The van der Waals surface area contributed by atoms with Crippen molar-refractivity contribution in [3.05, 3.63) is 47.1 Å². The van der Waals surface area contributed by atoms with Gasteiger partial charge in [0.25, 0.3) is 0 Å². The maximum atomic E-state index is 6.50. The molecule has 1 aliphatic heterocycles. The molecule has 134 valence electrons. The van der Waals surface area contributed by atoms with Crippen molar-refractivity contribution >= 4 is 34.1 Å². The smallest absolute Gasteiger partial charge is 0.220 e. The summed E-state index contributed by atoms with van der Waals surface area (Å²) in [5.74, 6) is 0.285. The minimum absolute atomic E-state index is 0.285. The fourth-order valence-corrected chi connectivity index (χ4v) is 3.93. The number of nitrogen functional groups attached to an aromatic ring is 1. The Labute approximate surface area is 158 Å². The molecule has 4 N–H and O–H groups in total. The summed E-state index contributed by atoms with van der Waals surface area (Å²) in [6.45, 7) is 4.12. The highest BCUT2D eigenvalue weighted by Gasteiger charge is 2.17. The van der Waals surface area contributed by atoms with E-state index in [1.54, 1.807) is 6.20 Å². The minimum atomic E-state index is 0.285. The predicted molar refractivity (Wildman–Crippen MR) is 109 cm³/mol. The number of nitrogens with zero attached hydrogens (tertiary/aromatic N) is 2. The Kier molecular flexibility index (Phi) is 4.66. The number of aromatic nitrogens is 2. The molecule has 0 bridgehead atoms. The van der Waals surface area contributed by atoms with Gasteiger partial charge in [0.1, 0.15) is 0 Å². The van der Waals surface area contributed by atoms with E-state index in [0.29, 0.717) is 6.04 Å². The predicted octanol–water partition coefficient (Wildman–Crippen LogP) is 4.00. The molecule has 0 amide bonds. The van der Waals surface area contributed by atoms with Crippen LogP contribution in [-0.4, -0.2) is 29.1 Å². The topological polar surface area (TPSA) is 75.9 Å². The molecule has 0 radical (unpaired) electrons. The van der Waals surface area contributed by atoms with E-state index < -0.39 is 0 Å². The highest BCUT2D eigenvalue weighted by molar-refractivity contribution is 6.33. The van der Waals surface area contributed by atoms with Crippen LogP contribution < -0.4 is 16.4 Å². The molecule has 1 aliphatic rings. The SMILES string of the molecule is Cc1cccc(Cl)c1-c1cc(NC2CCNCC2)c2nc(N)ncc2c1. The van der Waals surface area contributed by atoms with E-state index >= 15 is 0 Å². The van der Waals surface area contributed by atoms with E-state index in [0.717, 1.165) is 64.2 Å². The molecule has 2 heterocycles. The zero-order valence-corrected chi connectivity index (χ0v) is 15.5. The summed E-state index contributed by atoms with van der Waals surface area (Å²) in [7, 11) is 0. The lowest BCUT2D eigenvalue weighted by atomic mass is 9.97. The quantitative estimate of drug-likeness (QED) is 0.652. The van der Waals surface area contributed by atoms with Gasteiger partial charge in [-0.15, -0.1) is 0 Å². The van der Waals surface area contributed by atoms with Gasteiger partial charge >= 0.3 is 0 Å². The molecule has 1 fully saturated rings. The number of hydrogen-bond acceptors (Lipinski definition) is 5. The fraction of sp³-hybridized carbons (Fsp3) is 0.300. The van der Waals surface area contributed by atoms with Gasteiger partial charge in [0.2, 0.25) is 5.95 Å². The second-order valence-electron chi connectivity index (χ2n) is 6.79. The standard InChI is InChI=1S/C20H22ClN5/c1-12-3-2-4-16(21)18(12)13-9-14-11-24-20(22)26-19(14)17(10-13)25-15-5-7-23-8-6-15/h2-4,9-11,15,23,25H,5-8H2,1H3,(H2,22,24,26). The average Bonchev–Trinajstić information content (AvgIpc) is 2.63. The lowest BCUT2D eigenvalue weighted by Crippen LogP contribution is -2.35. The van der Waals surface area contributed by atoms with Gasteiger partial charge in [-0.2, -0.15) is 0 Å². The van der Waals surface area contributed by atoms with Crippen LogP contribution in [0.5, 0.6) is 0 Å².